The number of nitrogens with zero attached hydrogens (tertiary/aromatic N) is 4. The fraction of sp³-hybridized carbons (Fsp3) is 0.281. The second-order valence-corrected chi connectivity index (χ2v) is 38.9. The molecule has 0 atom stereocenters. The van der Waals surface area contributed by atoms with Crippen LogP contribution in [0.1, 0.15) is 256 Å². The Morgan fingerprint density at radius 1 is 0.293 bits per heavy atom. The number of halogens is 4. The number of methoxy groups -OCH3 is 2. The van der Waals surface area contributed by atoms with Crippen molar-refractivity contribution in [2.75, 3.05) is 36.6 Å². The van der Waals surface area contributed by atoms with Gasteiger partial charge in [0.1, 0.15) is 12.3 Å². The summed E-state index contributed by atoms with van der Waals surface area (Å²) in [7, 11) is 2.68. The van der Waals surface area contributed by atoms with Gasteiger partial charge in [0.05, 0.1) is 20.6 Å². The van der Waals surface area contributed by atoms with E-state index in [1.54, 1.807) is 42.5 Å². The average Bonchev–Trinajstić information content (AvgIpc) is 1.58. The fourth-order valence-corrected chi connectivity index (χ4v) is 22.8. The van der Waals surface area contributed by atoms with E-state index < -0.39 is 41.0 Å². The van der Waals surface area contributed by atoms with Gasteiger partial charge < -0.3 is 33.6 Å². The molecule has 147 heavy (non-hydrogen) atoms. The Bertz CT molecular complexity index is 6890. The Morgan fingerprint density at radius 3 is 0.878 bits per heavy atom. The molecule has 0 N–H and O–H groups in total. The highest BCUT2D eigenvalue weighted by atomic mass is 79.9. The number of hydrogen-bond donors (Lipinski definition) is 0. The molecule has 0 heterocycles. The Kier molecular flexibility index (Phi) is 38.0. The largest absolute Gasteiger partial charge is 0.469 e. The summed E-state index contributed by atoms with van der Waals surface area (Å²) in [5.74, 6) is -4.11. The lowest BCUT2D eigenvalue weighted by atomic mass is 9.71. The van der Waals surface area contributed by atoms with Crippen molar-refractivity contribution in [1.82, 2.24) is 0 Å². The molecule has 756 valence electrons. The first kappa shape index (κ1) is 110. The molecule has 22 nitrogen and oxygen atoms in total. The van der Waals surface area contributed by atoms with E-state index in [0.29, 0.717) is 76.4 Å². The Labute approximate surface area is 883 Å². The minimum absolute atomic E-state index is 0.00140. The highest BCUT2D eigenvalue weighted by Crippen LogP contribution is 2.59. The van der Waals surface area contributed by atoms with Crippen LogP contribution in [0.15, 0.2) is 294 Å². The molecule has 0 amide bonds. The van der Waals surface area contributed by atoms with Gasteiger partial charge in [-0.25, -0.2) is 19.2 Å². The smallest absolute Gasteiger partial charge is 0.332 e. The van der Waals surface area contributed by atoms with Crippen LogP contribution in [-0.2, 0) is 95.4 Å². The summed E-state index contributed by atoms with van der Waals surface area (Å²) in [6.45, 7) is 15.1. The topological polar surface area (TPSA) is 302 Å². The third kappa shape index (κ3) is 24.6. The molecule has 26 heteroatoms. The first-order chi connectivity index (χ1) is 70.9. The molecule has 0 fully saturated rings. The van der Waals surface area contributed by atoms with Crippen molar-refractivity contribution >= 4 is 143 Å². The van der Waals surface area contributed by atoms with Crippen molar-refractivity contribution < 1.29 is 86.3 Å². The molecule has 0 spiro atoms. The van der Waals surface area contributed by atoms with Gasteiger partial charge in [-0.2, -0.15) is 0 Å². The molecule has 16 rings (SSSR count). The number of carbonyl (C=O) groups excluding carboxylic acids is 11. The lowest BCUT2D eigenvalue weighted by Gasteiger charge is -2.32. The number of ketones is 4. The van der Waals surface area contributed by atoms with Crippen LogP contribution in [0, 0.1) is 20.8 Å². The molecule has 0 aromatic heterocycles. The molecule has 0 saturated heterocycles. The number of carbonyl (C=O) groups is 11. The van der Waals surface area contributed by atoms with Gasteiger partial charge in [0.25, 0.3) is 0 Å². The number of esters is 3. The van der Waals surface area contributed by atoms with Crippen molar-refractivity contribution in [2.45, 2.75) is 180 Å². The standard InChI is InChI=1S/C33H35NO5.C32H31NO7.C28H25Br2NO3.C28H25Cl2NO3/c1-4-19-33(20-5-2)28-14-10-9-13-26(28)27-16-15-25(21-29(27)33)32(37)30(34-39-23(3)35)17-18-31(36)38-22-24-11-7-6-8-12-24;1-20-9-5-6-10-23(20)30(33-40-21(2)34)31(37)22-13-14-25-24-11-7-8-12-26(24)32(27(25)19-22,17-15-28(35)38-3)18-16-29(36)39-4;2*1-18-7-3-4-8-21(18)26(31-34-19(2)32)27(33)20-11-12-23-22-9-5-6-10-24(22)28(13-15-29,14-16-30)25(23)17-20/h6-16,21H,4-5,17-20,22H2,1-3H3;5-14,19H,15-18H2,1-4H3;2*3-12,17H,13-16H2,1-2H3/b34-30+;33-30+;2*31-26+. The van der Waals surface area contributed by atoms with Gasteiger partial charge in [0.2, 0.25) is 23.1 Å². The van der Waals surface area contributed by atoms with Gasteiger partial charge in [-0.05, 0) is 208 Å². The van der Waals surface area contributed by atoms with Crippen LogP contribution in [0.2, 0.25) is 0 Å². The van der Waals surface area contributed by atoms with Crippen LogP contribution in [0.25, 0.3) is 44.5 Å². The molecular formula is C121H116Br2Cl2N4O18. The number of alkyl halides is 4. The highest BCUT2D eigenvalue weighted by Gasteiger charge is 2.48. The second-order valence-electron chi connectivity index (χ2n) is 36.6. The van der Waals surface area contributed by atoms with E-state index in [4.69, 9.17) is 56.8 Å². The van der Waals surface area contributed by atoms with Gasteiger partial charge in [0.15, 0.2) is 17.1 Å². The summed E-state index contributed by atoms with van der Waals surface area (Å²) < 4.78 is 15.2. The number of hydrogen-bond acceptors (Lipinski definition) is 22. The first-order valence-electron chi connectivity index (χ1n) is 48.9. The molecule has 4 aliphatic rings. The van der Waals surface area contributed by atoms with Crippen molar-refractivity contribution in [1.29, 1.82) is 0 Å². The Morgan fingerprint density at radius 2 is 0.571 bits per heavy atom. The van der Waals surface area contributed by atoms with Crippen LogP contribution in [0.3, 0.4) is 0 Å². The lowest BCUT2D eigenvalue weighted by molar-refractivity contribution is -0.145. The molecule has 0 unspecified atom stereocenters. The number of fused-ring (bicyclic) bond motifs is 12. The minimum atomic E-state index is -0.750. The summed E-state index contributed by atoms with van der Waals surface area (Å²) in [6.07, 6.45) is 8.09. The van der Waals surface area contributed by atoms with Crippen molar-refractivity contribution in [2.24, 2.45) is 20.6 Å². The normalized spacial score (nSPS) is 13.5. The Balaban J connectivity index is 0.000000164. The van der Waals surface area contributed by atoms with Crippen molar-refractivity contribution in [3.8, 4) is 44.5 Å². The SMILES string of the molecule is CC(=O)O/N=C(/C(=O)c1ccc2c(c1)C(CCBr)(CCBr)c1ccccc1-2)c1ccccc1C.CC(=O)O/N=C(/C(=O)c1ccc2c(c1)C(CCCl)(CCCl)c1ccccc1-2)c1ccccc1C.CCCC1(CCC)c2ccccc2-c2ccc(C(=O)/C(CCC(=O)OCc3ccccc3)=N/OC(C)=O)cc21.COC(=O)CCC1(CCC(=O)OC)c2ccccc2-c2ccc(C(=O)/C(=N/OC(C)=O)c3ccccc3C)cc21. The maximum absolute atomic E-state index is 13.9. The number of ether oxygens (including phenoxy) is 3. The molecule has 12 aromatic rings. The fourth-order valence-electron chi connectivity index (χ4n) is 20.8. The van der Waals surface area contributed by atoms with E-state index in [-0.39, 0.29) is 101 Å². The first-order valence-corrected chi connectivity index (χ1v) is 52.2. The van der Waals surface area contributed by atoms with E-state index >= 15 is 0 Å². The van der Waals surface area contributed by atoms with Gasteiger partial charge in [-0.1, -0.05) is 328 Å². The quantitative estimate of drug-likeness (QED) is 0.00660. The van der Waals surface area contributed by atoms with Crippen LogP contribution < -0.4 is 0 Å². The summed E-state index contributed by atoms with van der Waals surface area (Å²) >= 11 is 19.9. The zero-order valence-corrected chi connectivity index (χ0v) is 88.7. The maximum Gasteiger partial charge on any atom is 0.332 e. The summed E-state index contributed by atoms with van der Waals surface area (Å²) in [6, 6.07) is 87.3. The van der Waals surface area contributed by atoms with Gasteiger partial charge in [0, 0.05) is 130 Å². The lowest BCUT2D eigenvalue weighted by Crippen LogP contribution is -2.28. The zero-order chi connectivity index (χ0) is 105. The molecule has 12 aromatic carbocycles. The second kappa shape index (κ2) is 50.8. The Hall–Kier alpha value is -14.2. The van der Waals surface area contributed by atoms with Gasteiger partial charge in [-0.3, -0.25) is 33.6 Å². The van der Waals surface area contributed by atoms with Gasteiger partial charge >= 0.3 is 41.8 Å². The maximum atomic E-state index is 13.9. The predicted octanol–water partition coefficient (Wildman–Crippen LogP) is 26.1. The van der Waals surface area contributed by atoms with Crippen LogP contribution in [0.4, 0.5) is 0 Å². The summed E-state index contributed by atoms with van der Waals surface area (Å²) in [5.41, 5.74) is 23.4. The number of Topliss-reactive ketones (excluding diaryl/α,β-unsaturated/α-hetero) is 4. The summed E-state index contributed by atoms with van der Waals surface area (Å²) in [4.78, 5) is 158. The minimum Gasteiger partial charge on any atom is -0.469 e. The monoisotopic (exact) mass is 2140 g/mol. The van der Waals surface area contributed by atoms with Crippen molar-refractivity contribution in [3.63, 3.8) is 0 Å². The van der Waals surface area contributed by atoms with Gasteiger partial charge in [-0.15, -0.1) is 23.2 Å². The number of rotatable bonds is 38. The molecule has 0 bridgehead atoms. The molecule has 0 radical (unpaired) electrons. The van der Waals surface area contributed by atoms with Crippen LogP contribution in [0.5, 0.6) is 0 Å². The molecule has 4 aliphatic carbocycles. The summed E-state index contributed by atoms with van der Waals surface area (Å²) in [5, 5.41) is 17.4. The molecule has 0 saturated carbocycles. The zero-order valence-electron chi connectivity index (χ0n) is 84.1. The number of oxime groups is 4. The van der Waals surface area contributed by atoms with E-state index in [9.17, 15) is 52.7 Å². The van der Waals surface area contributed by atoms with Crippen LogP contribution >= 0.6 is 55.1 Å². The third-order valence-electron chi connectivity index (χ3n) is 27.5. The number of benzene rings is 12. The number of aryl methyl sites for hydroxylation is 3. The van der Waals surface area contributed by atoms with E-state index in [1.165, 1.54) is 69.7 Å². The third-order valence-corrected chi connectivity index (χ3v) is 28.7. The van der Waals surface area contributed by atoms with E-state index in [0.717, 1.165) is 133 Å². The van der Waals surface area contributed by atoms with Crippen LogP contribution in [-0.4, -0.2) is 124 Å². The predicted molar refractivity (Wildman–Crippen MR) is 581 cm³/mol. The van der Waals surface area contributed by atoms with Crippen molar-refractivity contribution in [3.05, 3.63) is 379 Å². The molecular weight excluding hydrogens is 2030 g/mol. The van der Waals surface area contributed by atoms with E-state index in [2.05, 4.69) is 127 Å². The molecule has 0 aliphatic heterocycles. The van der Waals surface area contributed by atoms with E-state index in [1.807, 2.05) is 191 Å². The highest BCUT2D eigenvalue weighted by molar-refractivity contribution is 9.09. The average molecular weight is 2140 g/mol.